The molecule has 0 aliphatic carbocycles. The first-order valence-electron chi connectivity index (χ1n) is 5.49. The molecule has 0 heterocycles. The van der Waals surface area contributed by atoms with Crippen LogP contribution in [0.25, 0.3) is 0 Å². The molecule has 2 aromatic carbocycles. The van der Waals surface area contributed by atoms with Gasteiger partial charge in [-0.1, -0.05) is 29.8 Å². The van der Waals surface area contributed by atoms with Crippen LogP contribution in [0.15, 0.2) is 40.9 Å². The third-order valence-corrected chi connectivity index (χ3v) is 3.77. The fraction of sp³-hybridized carbons (Fsp3) is 0.0714. The van der Waals surface area contributed by atoms with E-state index in [4.69, 9.17) is 16.9 Å². The fourth-order valence-corrected chi connectivity index (χ4v) is 2.24. The smallest absolute Gasteiger partial charge is 0.161 e. The van der Waals surface area contributed by atoms with Gasteiger partial charge in [-0.05, 0) is 39.7 Å². The van der Waals surface area contributed by atoms with Crippen molar-refractivity contribution in [2.24, 2.45) is 0 Å². The van der Waals surface area contributed by atoms with E-state index in [1.165, 1.54) is 6.07 Å². The molecule has 19 heavy (non-hydrogen) atoms. The molecule has 0 saturated carbocycles. The summed E-state index contributed by atoms with van der Waals surface area (Å²) in [5.74, 6) is -0.480. The Morgan fingerprint density at radius 1 is 1.26 bits per heavy atom. The first-order chi connectivity index (χ1) is 9.13. The molecule has 0 amide bonds. The number of nitrogens with one attached hydrogen (secondary N) is 1. The minimum absolute atomic E-state index is 0.166. The van der Waals surface area contributed by atoms with E-state index in [2.05, 4.69) is 21.2 Å². The second-order valence-corrected chi connectivity index (χ2v) is 5.05. The van der Waals surface area contributed by atoms with Crippen LogP contribution < -0.4 is 5.32 Å². The molecule has 0 atom stereocenters. The van der Waals surface area contributed by atoms with Gasteiger partial charge < -0.3 is 5.32 Å². The van der Waals surface area contributed by atoms with Gasteiger partial charge in [0.05, 0.1) is 15.7 Å². The second kappa shape index (κ2) is 6.05. The summed E-state index contributed by atoms with van der Waals surface area (Å²) in [5.41, 5.74) is 1.47. The van der Waals surface area contributed by atoms with Gasteiger partial charge in [0.1, 0.15) is 6.07 Å². The van der Waals surface area contributed by atoms with E-state index in [1.807, 2.05) is 24.3 Å². The van der Waals surface area contributed by atoms with E-state index in [0.29, 0.717) is 17.3 Å². The lowest BCUT2D eigenvalue weighted by molar-refractivity contribution is 0.623. The lowest BCUT2D eigenvalue weighted by atomic mass is 10.2. The molecule has 5 heteroatoms. The number of halogens is 3. The monoisotopic (exact) mass is 338 g/mol. The molecule has 2 rings (SSSR count). The SMILES string of the molecule is N#Cc1ccc(NCc2ccccc2Cl)c(F)c1Br. The molecule has 0 aliphatic heterocycles. The van der Waals surface area contributed by atoms with Gasteiger partial charge >= 0.3 is 0 Å². The highest BCUT2D eigenvalue weighted by atomic mass is 79.9. The minimum Gasteiger partial charge on any atom is -0.379 e. The molecule has 0 radical (unpaired) electrons. The summed E-state index contributed by atoms with van der Waals surface area (Å²) in [6.45, 7) is 0.412. The number of nitrogens with zero attached hydrogens (tertiary/aromatic N) is 1. The first-order valence-corrected chi connectivity index (χ1v) is 6.66. The largest absolute Gasteiger partial charge is 0.379 e. The number of hydrogen-bond acceptors (Lipinski definition) is 2. The maximum atomic E-state index is 14.0. The van der Waals surface area contributed by atoms with Gasteiger partial charge in [0.2, 0.25) is 0 Å². The summed E-state index contributed by atoms with van der Waals surface area (Å²) in [4.78, 5) is 0. The molecular formula is C14H9BrClFN2. The lowest BCUT2D eigenvalue weighted by Crippen LogP contribution is -2.03. The van der Waals surface area contributed by atoms with Crippen LogP contribution in [0.3, 0.4) is 0 Å². The number of rotatable bonds is 3. The van der Waals surface area contributed by atoms with Crippen molar-refractivity contribution in [3.63, 3.8) is 0 Å². The summed E-state index contributed by atoms with van der Waals surface area (Å²) < 4.78 is 14.1. The highest BCUT2D eigenvalue weighted by Gasteiger charge is 2.11. The Morgan fingerprint density at radius 3 is 2.68 bits per heavy atom. The van der Waals surface area contributed by atoms with Crippen LogP contribution in [0, 0.1) is 17.1 Å². The van der Waals surface area contributed by atoms with Gasteiger partial charge in [0, 0.05) is 11.6 Å². The Kier molecular flexibility index (Phi) is 4.41. The zero-order valence-electron chi connectivity index (χ0n) is 9.75. The quantitative estimate of drug-likeness (QED) is 0.878. The fourth-order valence-electron chi connectivity index (χ4n) is 1.60. The van der Waals surface area contributed by atoms with Crippen LogP contribution in [0.2, 0.25) is 5.02 Å². The van der Waals surface area contributed by atoms with Crippen molar-refractivity contribution in [3.8, 4) is 6.07 Å². The van der Waals surface area contributed by atoms with E-state index in [1.54, 1.807) is 12.1 Å². The predicted octanol–water partition coefficient (Wildman–Crippen LogP) is 4.73. The standard InChI is InChI=1S/C14H9BrClFN2/c15-13-9(7-18)5-6-12(14(13)17)19-8-10-3-1-2-4-11(10)16/h1-6,19H,8H2. The van der Waals surface area contributed by atoms with Crippen molar-refractivity contribution in [1.29, 1.82) is 5.26 Å². The Morgan fingerprint density at radius 2 is 2.00 bits per heavy atom. The molecule has 0 aromatic heterocycles. The molecule has 0 saturated heterocycles. The zero-order chi connectivity index (χ0) is 13.8. The molecule has 0 unspecified atom stereocenters. The predicted molar refractivity (Wildman–Crippen MR) is 77.6 cm³/mol. The van der Waals surface area contributed by atoms with Crippen LogP contribution in [0.4, 0.5) is 10.1 Å². The van der Waals surface area contributed by atoms with Crippen LogP contribution >= 0.6 is 27.5 Å². The van der Waals surface area contributed by atoms with Gasteiger partial charge in [-0.15, -0.1) is 0 Å². The average molecular weight is 340 g/mol. The van der Waals surface area contributed by atoms with E-state index >= 15 is 0 Å². The van der Waals surface area contributed by atoms with Crippen molar-refractivity contribution >= 4 is 33.2 Å². The van der Waals surface area contributed by atoms with Crippen molar-refractivity contribution < 1.29 is 4.39 Å². The third-order valence-electron chi connectivity index (χ3n) is 2.63. The van der Waals surface area contributed by atoms with Gasteiger partial charge in [-0.3, -0.25) is 0 Å². The molecule has 0 spiro atoms. The molecule has 2 nitrogen and oxygen atoms in total. The first kappa shape index (κ1) is 13.9. The van der Waals surface area contributed by atoms with Gasteiger partial charge in [0.15, 0.2) is 5.82 Å². The van der Waals surface area contributed by atoms with Gasteiger partial charge in [-0.2, -0.15) is 5.26 Å². The number of nitriles is 1. The van der Waals surface area contributed by atoms with Crippen LogP contribution in [-0.4, -0.2) is 0 Å². The molecule has 1 N–H and O–H groups in total. The zero-order valence-corrected chi connectivity index (χ0v) is 12.1. The summed E-state index contributed by atoms with van der Waals surface area (Å²) >= 11 is 9.09. The average Bonchev–Trinajstić information content (AvgIpc) is 2.42. The van der Waals surface area contributed by atoms with Gasteiger partial charge in [-0.25, -0.2) is 4.39 Å². The Labute approximate surface area is 123 Å². The summed E-state index contributed by atoms with van der Waals surface area (Å²) in [6.07, 6.45) is 0. The van der Waals surface area contributed by atoms with E-state index in [0.717, 1.165) is 5.56 Å². The highest BCUT2D eigenvalue weighted by molar-refractivity contribution is 9.10. The molecular weight excluding hydrogens is 331 g/mol. The van der Waals surface area contributed by atoms with Crippen LogP contribution in [0.5, 0.6) is 0 Å². The molecule has 0 aliphatic rings. The Balaban J connectivity index is 2.20. The third kappa shape index (κ3) is 3.06. The Hall–Kier alpha value is -1.57. The van der Waals surface area contributed by atoms with E-state index in [9.17, 15) is 4.39 Å². The maximum Gasteiger partial charge on any atom is 0.161 e. The van der Waals surface area contributed by atoms with Crippen molar-refractivity contribution in [1.82, 2.24) is 0 Å². The maximum absolute atomic E-state index is 14.0. The summed E-state index contributed by atoms with van der Waals surface area (Å²) in [7, 11) is 0. The van der Waals surface area contributed by atoms with E-state index in [-0.39, 0.29) is 10.0 Å². The van der Waals surface area contributed by atoms with Crippen LogP contribution in [-0.2, 0) is 6.54 Å². The number of anilines is 1. The van der Waals surface area contributed by atoms with E-state index < -0.39 is 5.82 Å². The number of hydrogen-bond donors (Lipinski definition) is 1. The summed E-state index contributed by atoms with van der Waals surface area (Å²) in [5, 5.41) is 12.4. The highest BCUT2D eigenvalue weighted by Crippen LogP contribution is 2.27. The Bertz CT molecular complexity index is 652. The number of benzene rings is 2. The normalized spacial score (nSPS) is 10.0. The minimum atomic E-state index is -0.480. The molecule has 2 aromatic rings. The molecule has 0 fully saturated rings. The summed E-state index contributed by atoms with van der Waals surface area (Å²) in [6, 6.07) is 12.4. The molecule has 96 valence electrons. The van der Waals surface area contributed by atoms with Crippen molar-refractivity contribution in [2.45, 2.75) is 6.54 Å². The van der Waals surface area contributed by atoms with Gasteiger partial charge in [0.25, 0.3) is 0 Å². The van der Waals surface area contributed by atoms with Crippen LogP contribution in [0.1, 0.15) is 11.1 Å². The van der Waals surface area contributed by atoms with Crippen molar-refractivity contribution in [3.05, 3.63) is 62.8 Å². The molecule has 0 bridgehead atoms. The topological polar surface area (TPSA) is 35.8 Å². The lowest BCUT2D eigenvalue weighted by Gasteiger charge is -2.10. The van der Waals surface area contributed by atoms with Crippen molar-refractivity contribution in [2.75, 3.05) is 5.32 Å². The second-order valence-electron chi connectivity index (χ2n) is 3.85.